The lowest BCUT2D eigenvalue weighted by atomic mass is 9.68. The second kappa shape index (κ2) is 14.4. The maximum atomic E-state index is 14.0. The number of allylic oxidation sites excluding steroid dienone is 2. The van der Waals surface area contributed by atoms with Crippen LogP contribution in [0.15, 0.2) is 24.3 Å². The molecule has 3 rings (SSSR count). The first-order valence-corrected chi connectivity index (χ1v) is 14.1. The van der Waals surface area contributed by atoms with Crippen LogP contribution in [-0.4, -0.2) is 6.36 Å². The van der Waals surface area contributed by atoms with Crippen molar-refractivity contribution in [1.29, 1.82) is 0 Å². The monoisotopic (exact) mass is 514 g/mol. The molecule has 1 nitrogen and oxygen atoms in total. The molecule has 2 aliphatic rings. The highest BCUT2D eigenvalue weighted by molar-refractivity contribution is 5.31. The molecule has 2 fully saturated rings. The van der Waals surface area contributed by atoms with Crippen molar-refractivity contribution in [2.75, 3.05) is 0 Å². The minimum atomic E-state index is -5.12. The average Bonchev–Trinajstić information content (AvgIpc) is 2.85. The van der Waals surface area contributed by atoms with Gasteiger partial charge >= 0.3 is 6.36 Å². The van der Waals surface area contributed by atoms with Crippen LogP contribution < -0.4 is 4.74 Å². The number of hydrogen-bond acceptors (Lipinski definition) is 1. The van der Waals surface area contributed by atoms with Crippen LogP contribution in [0, 0.1) is 35.3 Å². The molecule has 0 unspecified atom stereocenters. The summed E-state index contributed by atoms with van der Waals surface area (Å²) in [6.07, 6.45) is 18.7. The molecule has 0 N–H and O–H groups in total. The Hall–Kier alpha value is -1.59. The minimum Gasteiger partial charge on any atom is -0.399 e. The molecule has 2 aliphatic carbocycles. The Morgan fingerprint density at radius 2 is 1.31 bits per heavy atom. The van der Waals surface area contributed by atoms with Crippen LogP contribution in [-0.2, 0) is 6.42 Å². The molecule has 6 heteroatoms. The topological polar surface area (TPSA) is 9.23 Å². The number of hydrogen-bond donors (Lipinski definition) is 0. The number of rotatable bonds is 12. The largest absolute Gasteiger partial charge is 0.573 e. The number of aryl methyl sites for hydroxylation is 1. The van der Waals surface area contributed by atoms with Crippen LogP contribution in [0.2, 0.25) is 0 Å². The van der Waals surface area contributed by atoms with Crippen molar-refractivity contribution in [3.8, 4) is 5.75 Å². The molecular formula is C30H43F5O. The zero-order chi connectivity index (χ0) is 26.0. The Kier molecular flexibility index (Phi) is 11.6. The maximum Gasteiger partial charge on any atom is 0.573 e. The van der Waals surface area contributed by atoms with Crippen molar-refractivity contribution in [1.82, 2.24) is 0 Å². The lowest BCUT2D eigenvalue weighted by Crippen LogP contribution is -2.26. The van der Waals surface area contributed by atoms with E-state index >= 15 is 0 Å². The third kappa shape index (κ3) is 9.70. The third-order valence-corrected chi connectivity index (χ3v) is 8.42. The van der Waals surface area contributed by atoms with E-state index in [1.807, 2.05) is 0 Å². The van der Waals surface area contributed by atoms with Crippen molar-refractivity contribution in [2.45, 2.75) is 116 Å². The molecule has 1 aromatic carbocycles. The van der Waals surface area contributed by atoms with Gasteiger partial charge in [-0.25, -0.2) is 8.78 Å². The Morgan fingerprint density at radius 1 is 0.778 bits per heavy atom. The zero-order valence-electron chi connectivity index (χ0n) is 21.7. The summed E-state index contributed by atoms with van der Waals surface area (Å²) in [6.45, 7) is 2.21. The molecule has 0 bridgehead atoms. The van der Waals surface area contributed by atoms with Crippen LogP contribution in [0.1, 0.15) is 109 Å². The summed E-state index contributed by atoms with van der Waals surface area (Å²) in [7, 11) is 0. The van der Waals surface area contributed by atoms with Gasteiger partial charge in [-0.3, -0.25) is 0 Å². The van der Waals surface area contributed by atoms with E-state index in [4.69, 9.17) is 0 Å². The first-order chi connectivity index (χ1) is 17.2. The molecule has 36 heavy (non-hydrogen) atoms. The van der Waals surface area contributed by atoms with E-state index in [9.17, 15) is 22.0 Å². The first-order valence-electron chi connectivity index (χ1n) is 14.1. The quantitative estimate of drug-likeness (QED) is 0.153. The highest BCUT2D eigenvalue weighted by atomic mass is 19.4. The predicted molar refractivity (Wildman–Crippen MR) is 135 cm³/mol. The zero-order valence-corrected chi connectivity index (χ0v) is 21.7. The smallest absolute Gasteiger partial charge is 0.399 e. The molecule has 0 spiro atoms. The van der Waals surface area contributed by atoms with Gasteiger partial charge in [-0.1, -0.05) is 64.0 Å². The van der Waals surface area contributed by atoms with E-state index in [2.05, 4.69) is 23.8 Å². The van der Waals surface area contributed by atoms with Gasteiger partial charge in [-0.05, 0) is 99.2 Å². The molecule has 0 amide bonds. The number of ether oxygens (including phenoxy) is 1. The van der Waals surface area contributed by atoms with Gasteiger partial charge in [0.05, 0.1) is 0 Å². The Balaban J connectivity index is 1.32. The minimum absolute atomic E-state index is 0.386. The van der Waals surface area contributed by atoms with Gasteiger partial charge in [0, 0.05) is 0 Å². The molecular weight excluding hydrogens is 471 g/mol. The molecule has 0 saturated heterocycles. The molecule has 0 aromatic heterocycles. The Labute approximate surface area is 213 Å². The van der Waals surface area contributed by atoms with Crippen LogP contribution in [0.5, 0.6) is 5.75 Å². The van der Waals surface area contributed by atoms with Crippen LogP contribution in [0.3, 0.4) is 0 Å². The van der Waals surface area contributed by atoms with Gasteiger partial charge in [-0.15, -0.1) is 13.2 Å². The predicted octanol–water partition coefficient (Wildman–Crippen LogP) is 10.3. The van der Waals surface area contributed by atoms with Gasteiger partial charge in [0.25, 0.3) is 0 Å². The van der Waals surface area contributed by atoms with E-state index in [-0.39, 0.29) is 0 Å². The fourth-order valence-corrected chi connectivity index (χ4v) is 6.33. The summed E-state index contributed by atoms with van der Waals surface area (Å²) < 4.78 is 68.4. The van der Waals surface area contributed by atoms with Gasteiger partial charge in [0.2, 0.25) is 5.75 Å². The Morgan fingerprint density at radius 3 is 1.83 bits per heavy atom. The maximum absolute atomic E-state index is 14.0. The third-order valence-electron chi connectivity index (χ3n) is 8.42. The SMILES string of the molecule is CCCC=CCCCCC1CCC(C2CCC(CCc3cc(F)c(OC(F)(F)F)c(F)c3)CC2)CC1. The van der Waals surface area contributed by atoms with E-state index in [0.717, 1.165) is 49.1 Å². The standard InChI is InChI=1S/C30H43F5O/c1-2-3-4-5-6-7-8-9-22-12-16-25(17-13-22)26-18-14-23(15-19-26)10-11-24-20-27(31)29(28(32)21-24)36-30(33,34)35/h4-5,20-23,25-26H,2-3,6-19H2,1H3. The summed E-state index contributed by atoms with van der Waals surface area (Å²) in [5.74, 6) is -0.896. The highest BCUT2D eigenvalue weighted by Crippen LogP contribution is 2.43. The van der Waals surface area contributed by atoms with Crippen molar-refractivity contribution in [3.63, 3.8) is 0 Å². The van der Waals surface area contributed by atoms with Crippen molar-refractivity contribution in [3.05, 3.63) is 41.5 Å². The van der Waals surface area contributed by atoms with Gasteiger partial charge in [-0.2, -0.15) is 0 Å². The molecule has 1 aromatic rings. The number of halogens is 5. The summed E-state index contributed by atoms with van der Waals surface area (Å²) in [6, 6.07) is 1.94. The van der Waals surface area contributed by atoms with Crippen molar-refractivity contribution < 1.29 is 26.7 Å². The van der Waals surface area contributed by atoms with Crippen LogP contribution in [0.25, 0.3) is 0 Å². The van der Waals surface area contributed by atoms with E-state index in [1.165, 1.54) is 77.0 Å². The number of alkyl halides is 3. The first kappa shape index (κ1) is 29.0. The summed E-state index contributed by atoms with van der Waals surface area (Å²) >= 11 is 0. The molecule has 2 saturated carbocycles. The normalized spacial score (nSPS) is 25.4. The van der Waals surface area contributed by atoms with Crippen LogP contribution in [0.4, 0.5) is 22.0 Å². The average molecular weight is 515 g/mol. The molecule has 0 aliphatic heterocycles. The van der Waals surface area contributed by atoms with Crippen molar-refractivity contribution in [2.24, 2.45) is 23.7 Å². The number of unbranched alkanes of at least 4 members (excludes halogenated alkanes) is 3. The Bertz CT molecular complexity index is 779. The molecule has 0 atom stereocenters. The fourth-order valence-electron chi connectivity index (χ4n) is 6.33. The van der Waals surface area contributed by atoms with E-state index in [0.29, 0.717) is 17.9 Å². The second-order valence-electron chi connectivity index (χ2n) is 11.1. The summed E-state index contributed by atoms with van der Waals surface area (Å²) in [5.41, 5.74) is 0.386. The van der Waals surface area contributed by atoms with Gasteiger partial charge in [0.1, 0.15) is 0 Å². The van der Waals surface area contributed by atoms with Gasteiger partial charge < -0.3 is 4.74 Å². The lowest BCUT2D eigenvalue weighted by molar-refractivity contribution is -0.276. The van der Waals surface area contributed by atoms with Crippen LogP contribution >= 0.6 is 0 Å². The molecule has 204 valence electrons. The fraction of sp³-hybridized carbons (Fsp3) is 0.733. The second-order valence-corrected chi connectivity index (χ2v) is 11.1. The highest BCUT2D eigenvalue weighted by Gasteiger charge is 2.34. The van der Waals surface area contributed by atoms with Crippen molar-refractivity contribution >= 4 is 0 Å². The number of benzene rings is 1. The van der Waals surface area contributed by atoms with E-state index in [1.54, 1.807) is 0 Å². The molecule has 0 radical (unpaired) electrons. The summed E-state index contributed by atoms with van der Waals surface area (Å²) in [5, 5.41) is 0. The van der Waals surface area contributed by atoms with Gasteiger partial charge in [0.15, 0.2) is 11.6 Å². The summed E-state index contributed by atoms with van der Waals surface area (Å²) in [4.78, 5) is 0. The van der Waals surface area contributed by atoms with E-state index < -0.39 is 23.7 Å². The lowest BCUT2D eigenvalue weighted by Gasteiger charge is -2.38. The molecule has 0 heterocycles.